The van der Waals surface area contributed by atoms with Crippen LogP contribution in [0.5, 0.6) is 5.75 Å². The third kappa shape index (κ3) is 9.76. The molecule has 348 valence electrons. The molecule has 6 atom stereocenters. The van der Waals surface area contributed by atoms with Gasteiger partial charge in [0.2, 0.25) is 11.8 Å². The molecule has 0 radical (unpaired) electrons. The summed E-state index contributed by atoms with van der Waals surface area (Å²) < 4.78 is 27.1. The number of imidazole rings is 2. The number of likely N-dealkylation sites (tertiary alicyclic amines) is 1. The van der Waals surface area contributed by atoms with Crippen molar-refractivity contribution >= 4 is 45.8 Å². The van der Waals surface area contributed by atoms with Gasteiger partial charge in [-0.25, -0.2) is 19.6 Å². The zero-order valence-corrected chi connectivity index (χ0v) is 38.8. The largest absolute Gasteiger partial charge is 0.488 e. The molecule has 7 rings (SSSR count). The molecule has 1 fully saturated rings. The first kappa shape index (κ1) is 46.8. The van der Waals surface area contributed by atoms with Gasteiger partial charge >= 0.3 is 12.2 Å². The number of benzene rings is 3. The molecule has 2 aliphatic heterocycles. The number of nitrogens with zero attached hydrogens (tertiary/aromatic N) is 4. The smallest absolute Gasteiger partial charge is 0.407 e. The van der Waals surface area contributed by atoms with E-state index in [4.69, 9.17) is 33.7 Å². The van der Waals surface area contributed by atoms with E-state index < -0.39 is 30.4 Å². The number of amides is 4. The van der Waals surface area contributed by atoms with Gasteiger partial charge in [0.25, 0.3) is 0 Å². The van der Waals surface area contributed by atoms with Gasteiger partial charge in [-0.05, 0) is 90.8 Å². The van der Waals surface area contributed by atoms with Gasteiger partial charge in [0, 0.05) is 37.8 Å². The molecule has 0 unspecified atom stereocenters. The number of alkyl carbamates (subject to hydrolysis) is 2. The number of ether oxygens (including phenoxy) is 5. The minimum Gasteiger partial charge on any atom is -0.488 e. The summed E-state index contributed by atoms with van der Waals surface area (Å²) in [6.07, 6.45) is 2.98. The SMILES string of the molecule is CC[C@H](COC)CN(Cc1nc2c(ccc3cc4c(cc32)OCc2cc(-c3cnc([C@@H]5CC[C@H](CC)N5C(=O)[C@@H](NC(=O)OC)C(C)C)[nH]3)ccc2-4)[nH]1)C(=O)[C@@H](NC(=O)OC)[C@@H](C)OC. The zero-order valence-electron chi connectivity index (χ0n) is 38.8. The molecule has 4 N–H and O–H groups in total. The zero-order chi connectivity index (χ0) is 46.5. The molecule has 5 aromatic rings. The summed E-state index contributed by atoms with van der Waals surface area (Å²) in [6, 6.07) is 12.5. The maximum absolute atomic E-state index is 14.2. The topological polar surface area (TPSA) is 202 Å². The van der Waals surface area contributed by atoms with Crippen LogP contribution in [0.15, 0.2) is 48.7 Å². The molecular formula is C48H62N8O9. The van der Waals surface area contributed by atoms with E-state index in [1.54, 1.807) is 18.9 Å². The lowest BCUT2D eigenvalue weighted by atomic mass is 9.92. The Hall–Kier alpha value is -6.20. The van der Waals surface area contributed by atoms with Gasteiger partial charge < -0.3 is 54.1 Å². The Bertz CT molecular complexity index is 2520. The number of fused-ring (bicyclic) bond motifs is 6. The number of rotatable bonds is 17. The Kier molecular flexibility index (Phi) is 14.6. The second-order valence-electron chi connectivity index (χ2n) is 17.3. The quantitative estimate of drug-likeness (QED) is 0.0733. The van der Waals surface area contributed by atoms with Gasteiger partial charge in [-0.3, -0.25) is 9.59 Å². The summed E-state index contributed by atoms with van der Waals surface area (Å²) in [6.45, 7) is 11.0. The molecule has 4 amide bonds. The standard InChI is InChI=1S/C48H62N8O9/c1-10-28(24-61-6)22-55(45(57)42(27(5)62-7)54-48(60)64-9)23-40-50-36-16-13-29-19-35-33-15-12-30(18-31(33)25-65-39(35)20-34(29)43(36)52-40)37-21-49-44(51-37)38-17-14-32(11-2)56(38)46(58)41(26(3)4)53-47(59)63-8/h12-13,15-16,18-21,26-28,32,38,41-42H,10-11,14,17,22-25H2,1-9H3,(H,49,51)(H,50,52)(H,53,59)(H,54,60)/t27-,28+,32+,38+,41+,42+/m1/s1. The number of methoxy groups -OCH3 is 4. The fourth-order valence-electron chi connectivity index (χ4n) is 9.14. The lowest BCUT2D eigenvalue weighted by Gasteiger charge is -2.34. The number of carbonyl (C=O) groups excluding carboxylic acids is 4. The number of hydrogen-bond acceptors (Lipinski definition) is 11. The van der Waals surface area contributed by atoms with Crippen molar-refractivity contribution in [1.82, 2.24) is 40.4 Å². The van der Waals surface area contributed by atoms with Gasteiger partial charge in [-0.2, -0.15) is 0 Å². The fourth-order valence-corrected chi connectivity index (χ4v) is 9.14. The number of H-pyrrole nitrogens is 2. The van der Waals surface area contributed by atoms with E-state index in [1.165, 1.54) is 21.3 Å². The molecule has 3 aromatic carbocycles. The molecule has 4 heterocycles. The average molecular weight is 895 g/mol. The maximum atomic E-state index is 14.2. The highest BCUT2D eigenvalue weighted by Gasteiger charge is 2.42. The van der Waals surface area contributed by atoms with E-state index in [2.05, 4.69) is 57.9 Å². The summed E-state index contributed by atoms with van der Waals surface area (Å²) in [5, 5.41) is 7.28. The third-order valence-corrected chi connectivity index (χ3v) is 12.9. The Morgan fingerprint density at radius 1 is 0.923 bits per heavy atom. The first-order valence-corrected chi connectivity index (χ1v) is 22.4. The minimum atomic E-state index is -0.993. The highest BCUT2D eigenvalue weighted by molar-refractivity contribution is 6.07. The minimum absolute atomic E-state index is 0.0254. The molecule has 0 bridgehead atoms. The van der Waals surface area contributed by atoms with Crippen LogP contribution >= 0.6 is 0 Å². The Labute approximate surface area is 379 Å². The van der Waals surface area contributed by atoms with Crippen LogP contribution < -0.4 is 15.4 Å². The lowest BCUT2D eigenvalue weighted by Crippen LogP contribution is -2.54. The summed E-state index contributed by atoms with van der Waals surface area (Å²) in [4.78, 5) is 73.1. The fraction of sp³-hybridized carbons (Fsp3) is 0.500. The number of aromatic amines is 2. The van der Waals surface area contributed by atoms with Gasteiger partial charge in [0.1, 0.15) is 36.1 Å². The van der Waals surface area contributed by atoms with Crippen molar-refractivity contribution in [3.8, 4) is 28.1 Å². The monoisotopic (exact) mass is 894 g/mol. The van der Waals surface area contributed by atoms with Crippen molar-refractivity contribution in [2.75, 3.05) is 41.6 Å². The molecule has 17 heteroatoms. The van der Waals surface area contributed by atoms with Crippen LogP contribution in [0, 0.1) is 11.8 Å². The Morgan fingerprint density at radius 2 is 1.68 bits per heavy atom. The van der Waals surface area contributed by atoms with Crippen LogP contribution in [0.2, 0.25) is 0 Å². The summed E-state index contributed by atoms with van der Waals surface area (Å²) >= 11 is 0. The molecule has 2 aromatic heterocycles. The molecular weight excluding hydrogens is 833 g/mol. The number of carbonyl (C=O) groups is 4. The van der Waals surface area contributed by atoms with Crippen LogP contribution in [0.3, 0.4) is 0 Å². The molecule has 1 saturated heterocycles. The Morgan fingerprint density at radius 3 is 2.35 bits per heavy atom. The van der Waals surface area contributed by atoms with Crippen molar-refractivity contribution in [3.63, 3.8) is 0 Å². The van der Waals surface area contributed by atoms with Crippen LogP contribution in [0.25, 0.3) is 44.2 Å². The maximum Gasteiger partial charge on any atom is 0.407 e. The van der Waals surface area contributed by atoms with Gasteiger partial charge in [0.05, 0.1) is 62.4 Å². The molecule has 2 aliphatic rings. The summed E-state index contributed by atoms with van der Waals surface area (Å²) in [5.41, 5.74) is 6.39. The highest BCUT2D eigenvalue weighted by Crippen LogP contribution is 2.43. The molecule has 65 heavy (non-hydrogen) atoms. The second kappa shape index (κ2) is 20.3. The van der Waals surface area contributed by atoms with Crippen molar-refractivity contribution in [2.45, 2.75) is 104 Å². The van der Waals surface area contributed by atoms with Crippen LogP contribution in [0.1, 0.15) is 83.6 Å². The van der Waals surface area contributed by atoms with Crippen LogP contribution in [-0.2, 0) is 41.7 Å². The third-order valence-electron chi connectivity index (χ3n) is 12.9. The van der Waals surface area contributed by atoms with Gasteiger partial charge in [-0.1, -0.05) is 45.9 Å². The first-order valence-electron chi connectivity index (χ1n) is 22.4. The highest BCUT2D eigenvalue weighted by atomic mass is 16.5. The van der Waals surface area contributed by atoms with Crippen LogP contribution in [-0.4, -0.2) is 120 Å². The van der Waals surface area contributed by atoms with Gasteiger partial charge in [-0.15, -0.1) is 0 Å². The van der Waals surface area contributed by atoms with E-state index in [9.17, 15) is 19.2 Å². The Balaban J connectivity index is 1.14. The summed E-state index contributed by atoms with van der Waals surface area (Å²) in [5.74, 6) is 1.47. The van der Waals surface area contributed by atoms with E-state index in [0.717, 1.165) is 81.2 Å². The van der Waals surface area contributed by atoms with Crippen molar-refractivity contribution in [2.24, 2.45) is 11.8 Å². The van der Waals surface area contributed by atoms with E-state index in [1.807, 2.05) is 44.0 Å². The predicted molar refractivity (Wildman–Crippen MR) is 245 cm³/mol. The van der Waals surface area contributed by atoms with E-state index in [0.29, 0.717) is 31.4 Å². The first-order chi connectivity index (χ1) is 31.3. The molecule has 0 spiro atoms. The molecule has 0 aliphatic carbocycles. The average Bonchev–Trinajstić information content (AvgIpc) is 4.09. The molecule has 0 saturated carbocycles. The number of hydrogen-bond donors (Lipinski definition) is 4. The molecule has 17 nitrogen and oxygen atoms in total. The van der Waals surface area contributed by atoms with E-state index >= 15 is 0 Å². The normalized spacial score (nSPS) is 17.5. The predicted octanol–water partition coefficient (Wildman–Crippen LogP) is 7.25. The number of nitrogens with one attached hydrogen (secondary N) is 4. The summed E-state index contributed by atoms with van der Waals surface area (Å²) in [7, 11) is 5.67. The van der Waals surface area contributed by atoms with Crippen molar-refractivity contribution in [3.05, 3.63) is 65.9 Å². The van der Waals surface area contributed by atoms with E-state index in [-0.39, 0.29) is 42.3 Å². The van der Waals surface area contributed by atoms with Crippen LogP contribution in [0.4, 0.5) is 9.59 Å². The van der Waals surface area contributed by atoms with Gasteiger partial charge in [0.15, 0.2) is 0 Å². The van der Waals surface area contributed by atoms with Crippen molar-refractivity contribution < 1.29 is 42.9 Å². The van der Waals surface area contributed by atoms with Crippen molar-refractivity contribution in [1.29, 1.82) is 0 Å². The lowest BCUT2D eigenvalue weighted by molar-refractivity contribution is -0.138. The number of aromatic nitrogens is 4. The second-order valence-corrected chi connectivity index (χ2v) is 17.3.